The fourth-order valence-corrected chi connectivity index (χ4v) is 6.88. The maximum Gasteiger partial charge on any atom is 0.158 e. The van der Waals surface area contributed by atoms with E-state index in [1.165, 1.54) is 152 Å². The van der Waals surface area contributed by atoms with Crippen molar-refractivity contribution < 1.29 is 36.4 Å². The summed E-state index contributed by atoms with van der Waals surface area (Å²) in [4.78, 5) is -0.178. The molecule has 48 heavy (non-hydrogen) atoms. The number of benzene rings is 1. The molecule has 1 aromatic carbocycles. The summed E-state index contributed by atoms with van der Waals surface area (Å²) in [5, 5.41) is 0. The normalized spacial score (nSPS) is 19.2. The van der Waals surface area contributed by atoms with Gasteiger partial charge in [0.1, 0.15) is 29.3 Å². The number of likely N-dealkylation sites (N-methyl/N-ethyl adjacent to an activating group) is 1. The van der Waals surface area contributed by atoms with Gasteiger partial charge in [0, 0.05) is 6.61 Å². The molecule has 0 radical (unpaired) electrons. The number of aryl methyl sites for hydroxylation is 1. The second-order valence-electron chi connectivity index (χ2n) is 14.4. The third kappa shape index (κ3) is 21.9. The van der Waals surface area contributed by atoms with Crippen LogP contribution in [0.3, 0.4) is 0 Å². The Morgan fingerprint density at radius 2 is 1.29 bits per heavy atom. The predicted molar refractivity (Wildman–Crippen MR) is 194 cm³/mol. The fraction of sp³-hybridized carbons (Fsp3) is 0.846. The zero-order valence-electron chi connectivity index (χ0n) is 31.0. The summed E-state index contributed by atoms with van der Waals surface area (Å²) in [7, 11) is -1.89. The minimum atomic E-state index is -4.27. The molecule has 2 heterocycles. The largest absolute Gasteiger partial charge is 0.744 e. The number of unbranched alkanes of at least 4 members (excludes halogenated alkanes) is 17. The molecular formula is C39H71NO7S. The molecule has 2 aliphatic rings. The Morgan fingerprint density at radius 1 is 0.771 bits per heavy atom. The number of ether oxygens (including phenoxy) is 4. The van der Waals surface area contributed by atoms with E-state index in [0.29, 0.717) is 13.2 Å². The lowest BCUT2D eigenvalue weighted by Crippen LogP contribution is -2.52. The van der Waals surface area contributed by atoms with Crippen molar-refractivity contribution in [2.45, 2.75) is 160 Å². The molecular weight excluding hydrogens is 626 g/mol. The summed E-state index contributed by atoms with van der Waals surface area (Å²) in [6.45, 7) is 11.8. The lowest BCUT2D eigenvalue weighted by atomic mass is 10.0. The van der Waals surface area contributed by atoms with Crippen molar-refractivity contribution in [1.82, 2.24) is 0 Å². The van der Waals surface area contributed by atoms with Crippen LogP contribution in [-0.4, -0.2) is 89.6 Å². The van der Waals surface area contributed by atoms with Crippen molar-refractivity contribution in [3.8, 4) is 0 Å². The number of hydrogen-bond acceptors (Lipinski definition) is 7. The number of morpholine rings is 1. The Balaban J connectivity index is 0.000000613. The summed E-state index contributed by atoms with van der Waals surface area (Å²) < 4.78 is 55.6. The minimum Gasteiger partial charge on any atom is -0.744 e. The second-order valence-corrected chi connectivity index (χ2v) is 15.8. The van der Waals surface area contributed by atoms with E-state index >= 15 is 0 Å². The molecule has 8 nitrogen and oxygen atoms in total. The van der Waals surface area contributed by atoms with Crippen molar-refractivity contribution in [3.63, 3.8) is 0 Å². The van der Waals surface area contributed by atoms with Crippen molar-refractivity contribution >= 4 is 10.1 Å². The van der Waals surface area contributed by atoms with E-state index in [0.717, 1.165) is 38.2 Å². The van der Waals surface area contributed by atoms with Crippen LogP contribution in [0.2, 0.25) is 0 Å². The van der Waals surface area contributed by atoms with Gasteiger partial charge in [-0.2, -0.15) is 0 Å². The predicted octanol–water partition coefficient (Wildman–Crippen LogP) is 8.94. The van der Waals surface area contributed by atoms with Gasteiger partial charge in [0.05, 0.1) is 44.9 Å². The molecule has 0 saturated carbocycles. The van der Waals surface area contributed by atoms with Crippen molar-refractivity contribution in [2.75, 3.05) is 59.7 Å². The Bertz CT molecular complexity index is 998. The van der Waals surface area contributed by atoms with Crippen LogP contribution in [-0.2, 0) is 29.1 Å². The zero-order chi connectivity index (χ0) is 34.8. The van der Waals surface area contributed by atoms with Gasteiger partial charge in [0.15, 0.2) is 6.29 Å². The molecule has 0 unspecified atom stereocenters. The highest BCUT2D eigenvalue weighted by atomic mass is 32.2. The van der Waals surface area contributed by atoms with Crippen LogP contribution in [0.25, 0.3) is 0 Å². The highest BCUT2D eigenvalue weighted by Gasteiger charge is 2.26. The van der Waals surface area contributed by atoms with Crippen LogP contribution in [0.15, 0.2) is 29.2 Å². The van der Waals surface area contributed by atoms with Gasteiger partial charge in [-0.1, -0.05) is 121 Å². The third-order valence-electron chi connectivity index (χ3n) is 9.76. The molecule has 2 aliphatic heterocycles. The Hall–Kier alpha value is -1.07. The smallest absolute Gasteiger partial charge is 0.158 e. The highest BCUT2D eigenvalue weighted by molar-refractivity contribution is 7.85. The first-order valence-corrected chi connectivity index (χ1v) is 20.9. The van der Waals surface area contributed by atoms with Gasteiger partial charge in [-0.3, -0.25) is 0 Å². The first-order chi connectivity index (χ1) is 23.2. The number of quaternary nitrogens is 1. The van der Waals surface area contributed by atoms with Crippen LogP contribution in [0, 0.1) is 6.92 Å². The van der Waals surface area contributed by atoms with E-state index in [-0.39, 0.29) is 17.3 Å². The first kappa shape index (κ1) is 43.1. The molecule has 1 aromatic rings. The SMILES string of the molecule is CCCCCCCCCCCCCCCCC[C@@H]1OC[C@@H](COCCCCCC[N+]2(C)CCOCC2)O1.Cc1ccc(S(=O)(=O)[O-])cc1. The van der Waals surface area contributed by atoms with E-state index in [4.69, 9.17) is 18.9 Å². The van der Waals surface area contributed by atoms with Crippen LogP contribution >= 0.6 is 0 Å². The molecule has 0 aromatic heterocycles. The van der Waals surface area contributed by atoms with E-state index in [2.05, 4.69) is 14.0 Å². The van der Waals surface area contributed by atoms with E-state index in [1.54, 1.807) is 12.1 Å². The van der Waals surface area contributed by atoms with Crippen molar-refractivity contribution in [2.24, 2.45) is 0 Å². The van der Waals surface area contributed by atoms with Gasteiger partial charge in [-0.25, -0.2) is 8.42 Å². The molecule has 0 aliphatic carbocycles. The fourth-order valence-electron chi connectivity index (χ4n) is 6.41. The lowest BCUT2D eigenvalue weighted by Gasteiger charge is -2.37. The molecule has 9 heteroatoms. The van der Waals surface area contributed by atoms with Crippen LogP contribution in [0.5, 0.6) is 0 Å². The van der Waals surface area contributed by atoms with Gasteiger partial charge < -0.3 is 28.0 Å². The average Bonchev–Trinajstić information content (AvgIpc) is 3.52. The number of nitrogens with zero attached hydrogens (tertiary/aromatic N) is 1. The summed E-state index contributed by atoms with van der Waals surface area (Å²) in [5.41, 5.74) is 0.928. The van der Waals surface area contributed by atoms with Crippen molar-refractivity contribution in [3.05, 3.63) is 29.8 Å². The maximum absolute atomic E-state index is 10.4. The van der Waals surface area contributed by atoms with Gasteiger partial charge in [0.2, 0.25) is 0 Å². The molecule has 0 bridgehead atoms. The van der Waals surface area contributed by atoms with Crippen LogP contribution < -0.4 is 0 Å². The van der Waals surface area contributed by atoms with Gasteiger partial charge in [0.25, 0.3) is 0 Å². The van der Waals surface area contributed by atoms with Crippen LogP contribution in [0.1, 0.15) is 141 Å². The zero-order valence-corrected chi connectivity index (χ0v) is 31.8. The first-order valence-electron chi connectivity index (χ1n) is 19.5. The third-order valence-corrected chi connectivity index (χ3v) is 10.6. The number of rotatable bonds is 26. The van der Waals surface area contributed by atoms with Crippen LogP contribution in [0.4, 0.5) is 0 Å². The molecule has 2 fully saturated rings. The summed E-state index contributed by atoms with van der Waals surface area (Å²) in [6.07, 6.45) is 27.3. The monoisotopic (exact) mass is 697 g/mol. The minimum absolute atomic E-state index is 0.000231. The topological polar surface area (TPSA) is 94.1 Å². The second kappa shape index (κ2) is 26.7. The molecule has 0 spiro atoms. The molecule has 2 saturated heterocycles. The average molecular weight is 698 g/mol. The van der Waals surface area contributed by atoms with Gasteiger partial charge in [-0.05, 0) is 51.2 Å². The number of hydrogen-bond donors (Lipinski definition) is 0. The molecule has 2 atom stereocenters. The standard InChI is InChI=1S/C32H64NO4.C7H8O3S/c1-3-4-5-6-7-8-9-10-11-12-13-14-15-16-19-22-32-36-30-31(37-32)29-35-26-21-18-17-20-23-33(2)24-27-34-28-25-33;1-6-2-4-7(5-3-6)11(8,9)10/h31-32H,3-30H2,1-2H3;2-5H,1H3,(H,8,9,10)/q+1;/p-1/t31-,32-;/m1./s1. The molecule has 0 N–H and O–H groups in total. The quantitative estimate of drug-likeness (QED) is 0.0542. The molecule has 280 valence electrons. The summed E-state index contributed by atoms with van der Waals surface area (Å²) in [5.74, 6) is 0. The molecule has 0 amide bonds. The summed E-state index contributed by atoms with van der Waals surface area (Å²) >= 11 is 0. The van der Waals surface area contributed by atoms with Gasteiger partial charge >= 0.3 is 0 Å². The molecule has 3 rings (SSSR count). The van der Waals surface area contributed by atoms with E-state index in [9.17, 15) is 13.0 Å². The highest BCUT2D eigenvalue weighted by Crippen LogP contribution is 2.19. The van der Waals surface area contributed by atoms with E-state index < -0.39 is 10.1 Å². The maximum atomic E-state index is 10.4. The lowest BCUT2D eigenvalue weighted by molar-refractivity contribution is -0.917. The van der Waals surface area contributed by atoms with Crippen molar-refractivity contribution in [1.29, 1.82) is 0 Å². The van der Waals surface area contributed by atoms with E-state index in [1.807, 2.05) is 6.92 Å². The summed E-state index contributed by atoms with van der Waals surface area (Å²) in [6, 6.07) is 5.78. The Kier molecular flexibility index (Phi) is 24.0. The Morgan fingerprint density at radius 3 is 1.85 bits per heavy atom. The van der Waals surface area contributed by atoms with Gasteiger partial charge in [-0.15, -0.1) is 0 Å². The Labute approximate surface area is 295 Å².